The molecule has 0 saturated heterocycles. The molecule has 0 spiro atoms. The molecule has 0 unspecified atom stereocenters. The lowest BCUT2D eigenvalue weighted by molar-refractivity contribution is 0.458. The lowest BCUT2D eigenvalue weighted by Crippen LogP contribution is -2.05. The number of unbranched alkanes of at least 4 members (excludes halogenated alkanes) is 13. The van der Waals surface area contributed by atoms with Crippen molar-refractivity contribution in [2.24, 2.45) is 5.73 Å². The molecule has 0 aliphatic carbocycles. The van der Waals surface area contributed by atoms with Crippen LogP contribution in [-0.4, -0.2) is 20.1 Å². The average Bonchev–Trinajstić information content (AvgIpc) is 3.29. The van der Waals surface area contributed by atoms with Crippen molar-refractivity contribution in [1.29, 1.82) is 0 Å². The minimum Gasteiger partial charge on any atom is -0.505 e. The standard InChI is InChI=1S/C29H44N4O/c1-2-3-4-5-6-7-8-9-10-11-12-13-14-15-18-25-21-24(23-30)22-28(29(25)34)33-31-26-19-16-17-20-27(26)32-33/h16-17,19-22,34H,2-15,18,23,30H2,1H3. The topological polar surface area (TPSA) is 77.0 Å². The van der Waals surface area contributed by atoms with Gasteiger partial charge in [-0.05, 0) is 42.2 Å². The molecule has 0 radical (unpaired) electrons. The molecule has 0 atom stereocenters. The number of fused-ring (bicyclic) bond motifs is 1. The summed E-state index contributed by atoms with van der Waals surface area (Å²) in [6, 6.07) is 11.7. The van der Waals surface area contributed by atoms with Crippen molar-refractivity contribution >= 4 is 11.0 Å². The molecule has 34 heavy (non-hydrogen) atoms. The summed E-state index contributed by atoms with van der Waals surface area (Å²) < 4.78 is 0. The van der Waals surface area contributed by atoms with Crippen LogP contribution >= 0.6 is 0 Å². The van der Waals surface area contributed by atoms with E-state index in [1.54, 1.807) is 0 Å². The van der Waals surface area contributed by atoms with Crippen molar-refractivity contribution in [3.05, 3.63) is 47.5 Å². The lowest BCUT2D eigenvalue weighted by Gasteiger charge is -2.12. The van der Waals surface area contributed by atoms with Crippen LogP contribution in [-0.2, 0) is 13.0 Å². The van der Waals surface area contributed by atoms with Gasteiger partial charge in [0.1, 0.15) is 22.5 Å². The zero-order valence-corrected chi connectivity index (χ0v) is 21.1. The first-order valence-electron chi connectivity index (χ1n) is 13.6. The Balaban J connectivity index is 1.38. The molecule has 3 N–H and O–H groups in total. The van der Waals surface area contributed by atoms with Crippen molar-refractivity contribution in [1.82, 2.24) is 15.0 Å². The highest BCUT2D eigenvalue weighted by Crippen LogP contribution is 2.29. The summed E-state index contributed by atoms with van der Waals surface area (Å²) in [7, 11) is 0. The van der Waals surface area contributed by atoms with E-state index in [2.05, 4.69) is 17.1 Å². The number of phenols is 1. The Morgan fingerprint density at radius 1 is 0.735 bits per heavy atom. The molecule has 1 heterocycles. The largest absolute Gasteiger partial charge is 0.505 e. The highest BCUT2D eigenvalue weighted by atomic mass is 16.3. The predicted octanol–water partition coefficient (Wildman–Crippen LogP) is 7.61. The number of aryl methyl sites for hydroxylation is 1. The van der Waals surface area contributed by atoms with Crippen molar-refractivity contribution in [2.45, 2.75) is 110 Å². The van der Waals surface area contributed by atoms with Gasteiger partial charge in [0.2, 0.25) is 0 Å². The van der Waals surface area contributed by atoms with Crippen LogP contribution in [0.3, 0.4) is 0 Å². The van der Waals surface area contributed by atoms with E-state index in [0.29, 0.717) is 12.2 Å². The zero-order chi connectivity index (χ0) is 24.0. The normalized spacial score (nSPS) is 11.5. The maximum absolute atomic E-state index is 10.9. The SMILES string of the molecule is CCCCCCCCCCCCCCCCc1cc(CN)cc(-n2nc3ccccc3n2)c1O. The van der Waals surface area contributed by atoms with Gasteiger partial charge in [0.05, 0.1) is 0 Å². The second kappa shape index (κ2) is 14.8. The zero-order valence-electron chi connectivity index (χ0n) is 21.1. The summed E-state index contributed by atoms with van der Waals surface area (Å²) >= 11 is 0. The second-order valence-corrected chi connectivity index (χ2v) is 9.65. The molecule has 0 fully saturated rings. The maximum Gasteiger partial charge on any atom is 0.146 e. The van der Waals surface area contributed by atoms with E-state index in [-0.39, 0.29) is 5.75 Å². The Morgan fingerprint density at radius 3 is 1.74 bits per heavy atom. The van der Waals surface area contributed by atoms with Crippen molar-refractivity contribution in [3.8, 4) is 11.4 Å². The third kappa shape index (κ3) is 8.12. The van der Waals surface area contributed by atoms with Crippen LogP contribution in [0.15, 0.2) is 36.4 Å². The molecule has 0 aliphatic rings. The molecule has 0 amide bonds. The third-order valence-electron chi connectivity index (χ3n) is 6.77. The monoisotopic (exact) mass is 464 g/mol. The number of benzene rings is 2. The first-order chi connectivity index (χ1) is 16.7. The highest BCUT2D eigenvalue weighted by molar-refractivity contribution is 5.73. The van der Waals surface area contributed by atoms with Crippen LogP contribution in [0.4, 0.5) is 0 Å². The smallest absolute Gasteiger partial charge is 0.146 e. The Hall–Kier alpha value is -2.40. The first kappa shape index (κ1) is 26.2. The molecular weight excluding hydrogens is 420 g/mol. The second-order valence-electron chi connectivity index (χ2n) is 9.65. The predicted molar refractivity (Wildman–Crippen MR) is 142 cm³/mol. The molecule has 186 valence electrons. The van der Waals surface area contributed by atoms with Crippen LogP contribution in [0.2, 0.25) is 0 Å². The van der Waals surface area contributed by atoms with Crippen LogP contribution < -0.4 is 5.73 Å². The van der Waals surface area contributed by atoms with Gasteiger partial charge in [-0.2, -0.15) is 0 Å². The fraction of sp³-hybridized carbons (Fsp3) is 0.586. The summed E-state index contributed by atoms with van der Waals surface area (Å²) in [6.07, 6.45) is 19.7. The van der Waals surface area contributed by atoms with Gasteiger partial charge in [-0.15, -0.1) is 15.0 Å². The Bertz CT molecular complexity index is 948. The Morgan fingerprint density at radius 2 is 1.24 bits per heavy atom. The first-order valence-corrected chi connectivity index (χ1v) is 13.6. The fourth-order valence-electron chi connectivity index (χ4n) is 4.68. The molecular formula is C29H44N4O. The quantitative estimate of drug-likeness (QED) is 0.202. The number of hydrogen-bond acceptors (Lipinski definition) is 4. The molecule has 0 aliphatic heterocycles. The number of hydrogen-bond donors (Lipinski definition) is 2. The summed E-state index contributed by atoms with van der Waals surface area (Å²) in [5.74, 6) is 0.271. The molecule has 3 aromatic rings. The molecule has 0 bridgehead atoms. The van der Waals surface area contributed by atoms with Gasteiger partial charge in [0.25, 0.3) is 0 Å². The number of aromatic hydroxyl groups is 1. The summed E-state index contributed by atoms with van der Waals surface area (Å²) in [5.41, 5.74) is 10.1. The van der Waals surface area contributed by atoms with Crippen LogP contribution in [0, 0.1) is 0 Å². The van der Waals surface area contributed by atoms with E-state index >= 15 is 0 Å². The van der Waals surface area contributed by atoms with Gasteiger partial charge in [0, 0.05) is 6.54 Å². The maximum atomic E-state index is 10.9. The van der Waals surface area contributed by atoms with E-state index in [9.17, 15) is 5.11 Å². The van der Waals surface area contributed by atoms with E-state index in [1.807, 2.05) is 36.4 Å². The minimum atomic E-state index is 0.271. The van der Waals surface area contributed by atoms with E-state index < -0.39 is 0 Å². The minimum absolute atomic E-state index is 0.271. The number of aromatic nitrogens is 3. The highest BCUT2D eigenvalue weighted by Gasteiger charge is 2.14. The molecule has 3 rings (SSSR count). The van der Waals surface area contributed by atoms with Gasteiger partial charge in [-0.25, -0.2) is 0 Å². The van der Waals surface area contributed by atoms with E-state index in [1.165, 1.54) is 88.3 Å². The summed E-state index contributed by atoms with van der Waals surface area (Å²) in [4.78, 5) is 1.54. The van der Waals surface area contributed by atoms with Gasteiger partial charge < -0.3 is 10.8 Å². The Labute approximate surface area is 205 Å². The molecule has 2 aromatic carbocycles. The number of nitrogens with zero attached hydrogens (tertiary/aromatic N) is 3. The molecule has 5 heteroatoms. The van der Waals surface area contributed by atoms with Crippen molar-refractivity contribution in [2.75, 3.05) is 0 Å². The van der Waals surface area contributed by atoms with Gasteiger partial charge in [-0.3, -0.25) is 0 Å². The summed E-state index contributed by atoms with van der Waals surface area (Å²) in [6.45, 7) is 2.71. The number of rotatable bonds is 17. The molecule has 5 nitrogen and oxygen atoms in total. The average molecular weight is 465 g/mol. The van der Waals surface area contributed by atoms with Gasteiger partial charge in [-0.1, -0.05) is 109 Å². The van der Waals surface area contributed by atoms with Crippen LogP contribution in [0.5, 0.6) is 5.75 Å². The summed E-state index contributed by atoms with van der Waals surface area (Å²) in [5, 5.41) is 20.0. The number of nitrogens with two attached hydrogens (primary N) is 1. The van der Waals surface area contributed by atoms with E-state index in [4.69, 9.17) is 5.73 Å². The van der Waals surface area contributed by atoms with E-state index in [0.717, 1.165) is 35.0 Å². The van der Waals surface area contributed by atoms with Crippen LogP contribution in [0.25, 0.3) is 16.7 Å². The molecule has 0 saturated carbocycles. The molecule has 1 aromatic heterocycles. The van der Waals surface area contributed by atoms with Gasteiger partial charge >= 0.3 is 0 Å². The van der Waals surface area contributed by atoms with Gasteiger partial charge in [0.15, 0.2) is 0 Å². The van der Waals surface area contributed by atoms with Crippen LogP contribution in [0.1, 0.15) is 108 Å². The van der Waals surface area contributed by atoms with Crippen molar-refractivity contribution < 1.29 is 5.11 Å². The fourth-order valence-corrected chi connectivity index (χ4v) is 4.68. The Kier molecular flexibility index (Phi) is 11.4. The third-order valence-corrected chi connectivity index (χ3v) is 6.77. The number of phenolic OH excluding ortho intramolecular Hbond substituents is 1. The van der Waals surface area contributed by atoms with Crippen molar-refractivity contribution in [3.63, 3.8) is 0 Å². The lowest BCUT2D eigenvalue weighted by atomic mass is 10.0.